The molecular formula is C18H21BN2O9. The summed E-state index contributed by atoms with van der Waals surface area (Å²) >= 11 is 0. The van der Waals surface area contributed by atoms with Gasteiger partial charge >= 0.3 is 19.0 Å². The highest BCUT2D eigenvalue weighted by atomic mass is 16.7. The zero-order valence-corrected chi connectivity index (χ0v) is 16.5. The van der Waals surface area contributed by atoms with Crippen LogP contribution in [0.2, 0.25) is 0 Å². The molecule has 0 aliphatic carbocycles. The first-order chi connectivity index (χ1) is 14.2. The number of hydrogen-bond acceptors (Lipinski definition) is 9. The third kappa shape index (κ3) is 6.29. The van der Waals surface area contributed by atoms with Crippen LogP contribution < -0.4 is 9.97 Å². The van der Waals surface area contributed by atoms with Crippen molar-refractivity contribution < 1.29 is 38.1 Å². The van der Waals surface area contributed by atoms with Crippen LogP contribution in [0, 0.1) is 10.1 Å². The van der Waals surface area contributed by atoms with Gasteiger partial charge in [0.2, 0.25) is 12.7 Å². The van der Waals surface area contributed by atoms with Gasteiger partial charge in [-0.1, -0.05) is 12.1 Å². The maximum absolute atomic E-state index is 12.2. The number of carbonyl (C=O) groups is 4. The van der Waals surface area contributed by atoms with Crippen LogP contribution in [0.4, 0.5) is 0 Å². The fraction of sp³-hybridized carbons (Fsp3) is 0.444. The molecule has 1 heterocycles. The Bertz CT molecular complexity index is 858. The van der Waals surface area contributed by atoms with Crippen molar-refractivity contribution in [3.63, 3.8) is 0 Å². The molecule has 0 aromatic heterocycles. The van der Waals surface area contributed by atoms with E-state index in [-0.39, 0.29) is 36.4 Å². The normalized spacial score (nSPS) is 14.7. The molecule has 1 N–H and O–H groups in total. The van der Waals surface area contributed by atoms with Crippen LogP contribution >= 0.6 is 0 Å². The molecule has 1 amide bonds. The summed E-state index contributed by atoms with van der Waals surface area (Å²) in [6, 6.07) is 4.53. The number of esters is 2. The highest BCUT2D eigenvalue weighted by Crippen LogP contribution is 2.31. The molecular weight excluding hydrogens is 399 g/mol. The molecule has 0 bridgehead atoms. The minimum absolute atomic E-state index is 0.0193. The minimum atomic E-state index is -1.61. The van der Waals surface area contributed by atoms with Crippen molar-refractivity contribution in [3.8, 4) is 5.75 Å². The number of nitro groups is 1. The highest BCUT2D eigenvalue weighted by molar-refractivity contribution is 6.46. The van der Waals surface area contributed by atoms with E-state index in [0.29, 0.717) is 12.0 Å². The van der Waals surface area contributed by atoms with Crippen molar-refractivity contribution in [2.24, 2.45) is 0 Å². The van der Waals surface area contributed by atoms with Crippen molar-refractivity contribution in [2.75, 3.05) is 6.79 Å². The maximum Gasteiger partial charge on any atom is 0.804 e. The summed E-state index contributed by atoms with van der Waals surface area (Å²) in [4.78, 5) is 56.9. The monoisotopic (exact) mass is 420 g/mol. The number of fused-ring (bicyclic) bond motifs is 1. The summed E-state index contributed by atoms with van der Waals surface area (Å²) in [7, 11) is -1.61. The van der Waals surface area contributed by atoms with Crippen LogP contribution in [0.5, 0.6) is 5.75 Å². The predicted molar refractivity (Wildman–Crippen MR) is 102 cm³/mol. The van der Waals surface area contributed by atoms with Gasteiger partial charge in [0.15, 0.2) is 0 Å². The molecule has 0 saturated heterocycles. The summed E-state index contributed by atoms with van der Waals surface area (Å²) in [5.74, 6) is -2.96. The van der Waals surface area contributed by atoms with Gasteiger partial charge in [-0.15, -0.1) is 0 Å². The van der Waals surface area contributed by atoms with Crippen molar-refractivity contribution in [2.45, 2.75) is 45.5 Å². The van der Waals surface area contributed by atoms with E-state index in [2.05, 4.69) is 10.1 Å². The number of carbonyl (C=O) groups excluding carboxylic acids is 4. The van der Waals surface area contributed by atoms with E-state index >= 15 is 0 Å². The first kappa shape index (κ1) is 22.8. The molecule has 0 unspecified atom stereocenters. The van der Waals surface area contributed by atoms with Gasteiger partial charge in [0, 0.05) is 26.2 Å². The third-order valence-corrected chi connectivity index (χ3v) is 4.28. The molecule has 1 aliphatic rings. The van der Waals surface area contributed by atoms with Gasteiger partial charge in [0.1, 0.15) is 23.0 Å². The molecule has 1 atom stereocenters. The number of ether oxygens (including phenoxy) is 2. The van der Waals surface area contributed by atoms with Gasteiger partial charge < -0.3 is 24.2 Å². The number of hydrogen-bond donors (Lipinski definition) is 1. The largest absolute Gasteiger partial charge is 0.804 e. The van der Waals surface area contributed by atoms with Gasteiger partial charge in [-0.25, -0.2) is 4.79 Å². The Morgan fingerprint density at radius 2 is 1.97 bits per heavy atom. The van der Waals surface area contributed by atoms with Gasteiger partial charge in [0.25, 0.3) is 0 Å². The lowest BCUT2D eigenvalue weighted by molar-refractivity contribution is -0.349. The molecule has 1 aromatic carbocycles. The molecule has 1 aliphatic heterocycles. The zero-order valence-electron chi connectivity index (χ0n) is 16.5. The van der Waals surface area contributed by atoms with Crippen LogP contribution in [-0.4, -0.2) is 48.2 Å². The first-order valence-corrected chi connectivity index (χ1v) is 9.20. The fourth-order valence-electron chi connectivity index (χ4n) is 2.92. The Morgan fingerprint density at radius 3 is 2.60 bits per heavy atom. The molecule has 1 aromatic rings. The van der Waals surface area contributed by atoms with Crippen LogP contribution in [0.1, 0.15) is 49.0 Å². The number of nitrogens with zero attached hydrogens (tertiary/aromatic N) is 1. The molecule has 0 spiro atoms. The lowest BCUT2D eigenvalue weighted by atomic mass is 9.68. The second-order valence-corrected chi connectivity index (χ2v) is 6.71. The van der Waals surface area contributed by atoms with Gasteiger partial charge in [0.05, 0.1) is 0 Å². The smallest absolute Gasteiger partial charge is 0.495 e. The van der Waals surface area contributed by atoms with Gasteiger partial charge in [-0.3, -0.25) is 19.7 Å². The van der Waals surface area contributed by atoms with Crippen molar-refractivity contribution in [3.05, 3.63) is 39.4 Å². The minimum Gasteiger partial charge on any atom is -0.495 e. The molecule has 30 heavy (non-hydrogen) atoms. The second-order valence-electron chi connectivity index (χ2n) is 6.71. The summed E-state index contributed by atoms with van der Waals surface area (Å²) < 4.78 is 14.8. The highest BCUT2D eigenvalue weighted by Gasteiger charge is 2.52. The van der Waals surface area contributed by atoms with E-state index in [1.54, 1.807) is 12.1 Å². The summed E-state index contributed by atoms with van der Waals surface area (Å²) in [5, 5.41) is 14.1. The van der Waals surface area contributed by atoms with Crippen LogP contribution in [-0.2, 0) is 30.3 Å². The van der Waals surface area contributed by atoms with Crippen LogP contribution in [0.3, 0.4) is 0 Å². The van der Waals surface area contributed by atoms with E-state index in [0.717, 1.165) is 6.92 Å². The van der Waals surface area contributed by atoms with Crippen LogP contribution in [0.25, 0.3) is 0 Å². The average Bonchev–Trinajstić information content (AvgIpc) is 2.66. The SMILES string of the molecule is CC(=O)CCCC(=O)N[C@H]1Cc2cccc(C(=O)OCOC(C)=O)c2OB1[N+](=O)[O-]. The van der Waals surface area contributed by atoms with Gasteiger partial charge in [-0.2, -0.15) is 0 Å². The molecule has 2 rings (SSSR count). The molecule has 0 radical (unpaired) electrons. The summed E-state index contributed by atoms with van der Waals surface area (Å²) in [6.45, 7) is 1.97. The third-order valence-electron chi connectivity index (χ3n) is 4.28. The van der Waals surface area contributed by atoms with Crippen molar-refractivity contribution >= 4 is 30.7 Å². The number of amides is 1. The Hall–Kier alpha value is -3.44. The Morgan fingerprint density at radius 1 is 1.23 bits per heavy atom. The fourth-order valence-corrected chi connectivity index (χ4v) is 2.92. The molecule has 11 nitrogen and oxygen atoms in total. The van der Waals surface area contributed by atoms with E-state index in [1.165, 1.54) is 13.0 Å². The second kappa shape index (κ2) is 10.4. The Kier molecular flexibility index (Phi) is 7.90. The molecule has 0 saturated carbocycles. The number of Topliss-reactive ketones (excluding diaryl/α,β-unsaturated/α-hetero) is 1. The predicted octanol–water partition coefficient (Wildman–Crippen LogP) is 0.847. The number of para-hydroxylation sites is 1. The van der Waals surface area contributed by atoms with E-state index in [1.807, 2.05) is 0 Å². The molecule has 0 fully saturated rings. The van der Waals surface area contributed by atoms with Crippen LogP contribution in [0.15, 0.2) is 18.2 Å². The van der Waals surface area contributed by atoms with Crippen molar-refractivity contribution in [1.29, 1.82) is 0 Å². The quantitative estimate of drug-likeness (QED) is 0.201. The number of benzene rings is 1. The zero-order chi connectivity index (χ0) is 22.3. The number of rotatable bonds is 9. The topological polar surface area (TPSA) is 151 Å². The average molecular weight is 420 g/mol. The molecule has 12 heteroatoms. The first-order valence-electron chi connectivity index (χ1n) is 9.20. The molecule has 160 valence electrons. The number of nitrogens with one attached hydrogen (secondary N) is 1. The van der Waals surface area contributed by atoms with E-state index < -0.39 is 42.5 Å². The summed E-state index contributed by atoms with van der Waals surface area (Å²) in [6.07, 6.45) is 0.696. The Balaban J connectivity index is 2.13. The van der Waals surface area contributed by atoms with Crippen molar-refractivity contribution in [1.82, 2.24) is 5.32 Å². The standard InChI is InChI=1S/C18H21BN2O9/c1-11(22)5-3-8-16(24)20-15-9-13-6-4-7-14(17(13)30-19(15)21(26)27)18(25)29-10-28-12(2)23/h4,6-7,15H,3,5,8-10H2,1-2H3,(H,20,24)/t15-/m0/s1. The van der Waals surface area contributed by atoms with E-state index in [9.17, 15) is 29.3 Å². The lowest BCUT2D eigenvalue weighted by Crippen LogP contribution is -2.57. The van der Waals surface area contributed by atoms with Gasteiger partial charge in [-0.05, 0) is 29.8 Å². The summed E-state index contributed by atoms with van der Waals surface area (Å²) in [5.41, 5.74) is 0.418. The number of ketones is 1. The maximum atomic E-state index is 12.2. The Labute approximate surface area is 172 Å². The lowest BCUT2D eigenvalue weighted by Gasteiger charge is -2.26. The van der Waals surface area contributed by atoms with E-state index in [4.69, 9.17) is 9.39 Å².